The Kier molecular flexibility index (Phi) is 33.7. The van der Waals surface area contributed by atoms with E-state index in [-0.39, 0.29) is 17.8 Å². The number of carbonyl (C=O) groups excluding carboxylic acids is 2. The Morgan fingerprint density at radius 1 is 0.556 bits per heavy atom. The van der Waals surface area contributed by atoms with Gasteiger partial charge in [0.1, 0.15) is 6.04 Å². The molecule has 0 saturated carbocycles. The number of ether oxygens (including phenoxy) is 1. The van der Waals surface area contributed by atoms with Crippen molar-refractivity contribution >= 4 is 17.8 Å². The SMILES string of the molecule is CCCCCCCCCCCCCCCCOC(=O)C(CCCN=C(N)N)NC(=O)CCCCCCCCCCCCCCC. The van der Waals surface area contributed by atoms with Gasteiger partial charge in [0.2, 0.25) is 5.91 Å². The molecule has 45 heavy (non-hydrogen) atoms. The molecule has 0 fully saturated rings. The molecular weight excluding hydrogens is 560 g/mol. The summed E-state index contributed by atoms with van der Waals surface area (Å²) in [4.78, 5) is 29.4. The van der Waals surface area contributed by atoms with Crippen LogP contribution in [0.25, 0.3) is 0 Å². The van der Waals surface area contributed by atoms with Gasteiger partial charge in [-0.3, -0.25) is 9.79 Å². The second kappa shape index (κ2) is 35.1. The van der Waals surface area contributed by atoms with Crippen molar-refractivity contribution in [3.05, 3.63) is 0 Å². The summed E-state index contributed by atoms with van der Waals surface area (Å²) in [5, 5.41) is 2.93. The number of hydrogen-bond acceptors (Lipinski definition) is 4. The van der Waals surface area contributed by atoms with E-state index in [1.165, 1.54) is 148 Å². The molecule has 0 aliphatic rings. The number of esters is 1. The Morgan fingerprint density at radius 3 is 1.33 bits per heavy atom. The smallest absolute Gasteiger partial charge is 0.328 e. The van der Waals surface area contributed by atoms with E-state index in [9.17, 15) is 9.59 Å². The van der Waals surface area contributed by atoms with Gasteiger partial charge >= 0.3 is 5.97 Å². The van der Waals surface area contributed by atoms with Crippen molar-refractivity contribution in [2.75, 3.05) is 13.2 Å². The van der Waals surface area contributed by atoms with Gasteiger partial charge in [-0.15, -0.1) is 0 Å². The molecule has 0 spiro atoms. The lowest BCUT2D eigenvalue weighted by atomic mass is 10.0. The maximum atomic E-state index is 12.8. The predicted octanol–water partition coefficient (Wildman–Crippen LogP) is 10.0. The number of carbonyl (C=O) groups is 2. The van der Waals surface area contributed by atoms with Gasteiger partial charge in [0, 0.05) is 13.0 Å². The minimum atomic E-state index is -0.639. The van der Waals surface area contributed by atoms with Gasteiger partial charge in [-0.05, 0) is 25.7 Å². The standard InChI is InChI=1S/C38H76N4O3/c1-3-5-7-9-11-13-15-17-19-21-23-25-27-29-34-45-37(44)35(31-30-33-41-38(39)40)42-36(43)32-28-26-24-22-20-18-16-14-12-10-8-6-4-2/h35H,3-34H2,1-2H3,(H,42,43)(H4,39,40,41). The highest BCUT2D eigenvalue weighted by atomic mass is 16.5. The summed E-state index contributed by atoms with van der Waals surface area (Å²) in [7, 11) is 0. The summed E-state index contributed by atoms with van der Waals surface area (Å²) >= 11 is 0. The first kappa shape index (κ1) is 43.2. The van der Waals surface area contributed by atoms with Crippen molar-refractivity contribution < 1.29 is 14.3 Å². The molecule has 7 nitrogen and oxygen atoms in total. The maximum absolute atomic E-state index is 12.8. The first-order valence-electron chi connectivity index (χ1n) is 19.5. The molecule has 0 heterocycles. The van der Waals surface area contributed by atoms with Gasteiger partial charge in [-0.25, -0.2) is 4.79 Å². The van der Waals surface area contributed by atoms with Crippen LogP contribution >= 0.6 is 0 Å². The van der Waals surface area contributed by atoms with Crippen LogP contribution in [-0.4, -0.2) is 37.0 Å². The third kappa shape index (κ3) is 33.4. The van der Waals surface area contributed by atoms with Crippen molar-refractivity contribution in [1.29, 1.82) is 0 Å². The van der Waals surface area contributed by atoms with E-state index >= 15 is 0 Å². The van der Waals surface area contributed by atoms with Gasteiger partial charge < -0.3 is 21.5 Å². The average Bonchev–Trinajstić information content (AvgIpc) is 3.02. The van der Waals surface area contributed by atoms with Crippen LogP contribution in [-0.2, 0) is 14.3 Å². The number of rotatable bonds is 35. The molecule has 0 aliphatic carbocycles. The number of hydrogen-bond donors (Lipinski definition) is 3. The normalized spacial score (nSPS) is 11.8. The van der Waals surface area contributed by atoms with Crippen LogP contribution < -0.4 is 16.8 Å². The Morgan fingerprint density at radius 2 is 0.933 bits per heavy atom. The van der Waals surface area contributed by atoms with Gasteiger partial charge in [0.25, 0.3) is 0 Å². The number of guanidine groups is 1. The Labute approximate surface area is 279 Å². The Balaban J connectivity index is 4.00. The molecule has 0 aromatic heterocycles. The van der Waals surface area contributed by atoms with Gasteiger partial charge in [0.05, 0.1) is 6.61 Å². The minimum absolute atomic E-state index is 0.0402. The molecule has 0 aromatic carbocycles. The maximum Gasteiger partial charge on any atom is 0.328 e. The highest BCUT2D eigenvalue weighted by Crippen LogP contribution is 2.15. The van der Waals surface area contributed by atoms with E-state index in [1.807, 2.05) is 0 Å². The molecule has 0 bridgehead atoms. The molecular formula is C38H76N4O3. The van der Waals surface area contributed by atoms with Crippen LogP contribution in [0.15, 0.2) is 4.99 Å². The molecule has 266 valence electrons. The van der Waals surface area contributed by atoms with Crippen molar-refractivity contribution in [2.45, 2.75) is 213 Å². The summed E-state index contributed by atoms with van der Waals surface area (Å²) < 4.78 is 5.57. The van der Waals surface area contributed by atoms with E-state index in [0.29, 0.717) is 32.4 Å². The Hall–Kier alpha value is -1.79. The predicted molar refractivity (Wildman–Crippen MR) is 193 cm³/mol. The lowest BCUT2D eigenvalue weighted by Crippen LogP contribution is -2.42. The highest BCUT2D eigenvalue weighted by Gasteiger charge is 2.21. The second-order valence-electron chi connectivity index (χ2n) is 13.3. The van der Waals surface area contributed by atoms with Crippen LogP contribution in [0, 0.1) is 0 Å². The summed E-state index contributed by atoms with van der Waals surface area (Å²) in [5.74, 6) is -0.371. The molecule has 1 amide bonds. The number of nitrogens with two attached hydrogens (primary N) is 2. The molecule has 0 aliphatic heterocycles. The zero-order chi connectivity index (χ0) is 33.1. The summed E-state index contributed by atoms with van der Waals surface area (Å²) in [6.07, 6.45) is 36.2. The average molecular weight is 637 g/mol. The first-order chi connectivity index (χ1) is 22.0. The summed E-state index contributed by atoms with van der Waals surface area (Å²) in [6, 6.07) is -0.639. The summed E-state index contributed by atoms with van der Waals surface area (Å²) in [6.45, 7) is 5.38. The van der Waals surface area contributed by atoms with Crippen molar-refractivity contribution in [3.8, 4) is 0 Å². The van der Waals surface area contributed by atoms with Gasteiger partial charge in [-0.1, -0.05) is 174 Å². The quantitative estimate of drug-likeness (QED) is 0.0277. The van der Waals surface area contributed by atoms with E-state index in [1.54, 1.807) is 0 Å². The highest BCUT2D eigenvalue weighted by molar-refractivity contribution is 5.84. The van der Waals surface area contributed by atoms with Crippen molar-refractivity contribution in [2.24, 2.45) is 16.5 Å². The molecule has 0 radical (unpaired) electrons. The molecule has 1 unspecified atom stereocenters. The summed E-state index contributed by atoms with van der Waals surface area (Å²) in [5.41, 5.74) is 10.9. The molecule has 0 saturated heterocycles. The molecule has 0 aromatic rings. The van der Waals surface area contributed by atoms with Crippen LogP contribution in [0.1, 0.15) is 206 Å². The Bertz CT molecular complexity index is 682. The molecule has 5 N–H and O–H groups in total. The number of nitrogens with zero attached hydrogens (tertiary/aromatic N) is 1. The third-order valence-electron chi connectivity index (χ3n) is 8.81. The molecule has 1 atom stereocenters. The van der Waals surface area contributed by atoms with E-state index in [2.05, 4.69) is 24.2 Å². The van der Waals surface area contributed by atoms with Gasteiger partial charge in [-0.2, -0.15) is 0 Å². The third-order valence-corrected chi connectivity index (χ3v) is 8.81. The fraction of sp³-hybridized carbons (Fsp3) is 0.921. The molecule has 7 heteroatoms. The first-order valence-corrected chi connectivity index (χ1v) is 19.5. The lowest BCUT2D eigenvalue weighted by molar-refractivity contribution is -0.148. The largest absolute Gasteiger partial charge is 0.464 e. The van der Waals surface area contributed by atoms with Crippen LogP contribution in [0.5, 0.6) is 0 Å². The lowest BCUT2D eigenvalue weighted by Gasteiger charge is -2.17. The zero-order valence-corrected chi connectivity index (χ0v) is 30.0. The zero-order valence-electron chi connectivity index (χ0n) is 30.0. The fourth-order valence-corrected chi connectivity index (χ4v) is 5.89. The van der Waals surface area contributed by atoms with Crippen molar-refractivity contribution in [3.63, 3.8) is 0 Å². The molecule has 0 rings (SSSR count). The number of amides is 1. The van der Waals surface area contributed by atoms with Crippen molar-refractivity contribution in [1.82, 2.24) is 5.32 Å². The second-order valence-corrected chi connectivity index (χ2v) is 13.3. The monoisotopic (exact) mass is 637 g/mol. The number of nitrogens with one attached hydrogen (secondary N) is 1. The van der Waals surface area contributed by atoms with E-state index < -0.39 is 6.04 Å². The topological polar surface area (TPSA) is 120 Å². The number of aliphatic imine (C=N–C) groups is 1. The minimum Gasteiger partial charge on any atom is -0.464 e. The van der Waals surface area contributed by atoms with E-state index in [4.69, 9.17) is 16.2 Å². The van der Waals surface area contributed by atoms with Crippen LogP contribution in [0.2, 0.25) is 0 Å². The van der Waals surface area contributed by atoms with Crippen LogP contribution in [0.4, 0.5) is 0 Å². The van der Waals surface area contributed by atoms with Gasteiger partial charge in [0.15, 0.2) is 5.96 Å². The van der Waals surface area contributed by atoms with Crippen LogP contribution in [0.3, 0.4) is 0 Å². The van der Waals surface area contributed by atoms with E-state index in [0.717, 1.165) is 25.7 Å². The number of unbranched alkanes of at least 4 members (excludes halogenated alkanes) is 25. The fourth-order valence-electron chi connectivity index (χ4n) is 5.89.